The van der Waals surface area contributed by atoms with Crippen molar-refractivity contribution >= 4 is 10.2 Å². The minimum absolute atomic E-state index is 0.228. The quantitative estimate of drug-likeness (QED) is 0.805. The Hall–Kier alpha value is -0.170. The van der Waals surface area contributed by atoms with Gasteiger partial charge in [-0.3, -0.25) is 0 Å². The van der Waals surface area contributed by atoms with E-state index >= 15 is 0 Å². The smallest absolute Gasteiger partial charge is 0.281 e. The van der Waals surface area contributed by atoms with E-state index in [1.807, 2.05) is 0 Å². The van der Waals surface area contributed by atoms with E-state index in [2.05, 4.69) is 0 Å². The molecular formula is C11H22N2O3S. The third-order valence-corrected chi connectivity index (χ3v) is 5.77. The van der Waals surface area contributed by atoms with E-state index in [0.717, 1.165) is 25.7 Å². The molecule has 0 spiro atoms. The first-order valence-electron chi connectivity index (χ1n) is 6.38. The second-order valence-corrected chi connectivity index (χ2v) is 7.34. The van der Waals surface area contributed by atoms with Crippen LogP contribution in [0.2, 0.25) is 0 Å². The van der Waals surface area contributed by atoms with Gasteiger partial charge in [0.25, 0.3) is 10.2 Å². The summed E-state index contributed by atoms with van der Waals surface area (Å²) in [5.74, 6) is 0. The minimum Gasteiger partial charge on any atom is -0.389 e. The first-order chi connectivity index (χ1) is 7.94. The topological polar surface area (TPSA) is 60.9 Å². The summed E-state index contributed by atoms with van der Waals surface area (Å²) in [4.78, 5) is 0. The standard InChI is InChI=1S/C11H22N2O3S/c1-12(10-11(14)6-5-7-11)17(15,16)13-8-3-2-4-9-13/h14H,2-10H2,1H3. The molecule has 2 aliphatic rings. The number of hydrogen-bond acceptors (Lipinski definition) is 3. The molecule has 1 heterocycles. The normalized spacial score (nSPS) is 25.8. The van der Waals surface area contributed by atoms with Crippen LogP contribution in [0.15, 0.2) is 0 Å². The van der Waals surface area contributed by atoms with Crippen LogP contribution < -0.4 is 0 Å². The number of likely N-dealkylation sites (N-methyl/N-ethyl adjacent to an activating group) is 1. The largest absolute Gasteiger partial charge is 0.389 e. The highest BCUT2D eigenvalue weighted by atomic mass is 32.2. The zero-order valence-electron chi connectivity index (χ0n) is 10.4. The van der Waals surface area contributed by atoms with Crippen LogP contribution in [0.3, 0.4) is 0 Å². The molecule has 0 aromatic rings. The van der Waals surface area contributed by atoms with Crippen molar-refractivity contribution in [2.45, 2.75) is 44.1 Å². The molecule has 2 fully saturated rings. The van der Waals surface area contributed by atoms with Crippen LogP contribution >= 0.6 is 0 Å². The molecule has 6 heteroatoms. The number of nitrogens with zero attached hydrogens (tertiary/aromatic N) is 2. The second-order valence-electron chi connectivity index (χ2n) is 5.30. The van der Waals surface area contributed by atoms with Crippen molar-refractivity contribution in [2.75, 3.05) is 26.7 Å². The van der Waals surface area contributed by atoms with Crippen molar-refractivity contribution in [1.82, 2.24) is 8.61 Å². The first kappa shape index (κ1) is 13.3. The summed E-state index contributed by atoms with van der Waals surface area (Å²) in [6, 6.07) is 0. The molecule has 1 aliphatic carbocycles. The second kappa shape index (κ2) is 4.84. The Bertz CT molecular complexity index is 359. The molecule has 2 rings (SSSR count). The summed E-state index contributed by atoms with van der Waals surface area (Å²) >= 11 is 0. The zero-order chi connectivity index (χ0) is 12.5. The predicted molar refractivity (Wildman–Crippen MR) is 65.8 cm³/mol. The van der Waals surface area contributed by atoms with Crippen LogP contribution in [0.5, 0.6) is 0 Å². The van der Waals surface area contributed by atoms with Crippen molar-refractivity contribution in [1.29, 1.82) is 0 Å². The van der Waals surface area contributed by atoms with Crippen LogP contribution in [-0.4, -0.2) is 54.4 Å². The van der Waals surface area contributed by atoms with Crippen LogP contribution in [0.4, 0.5) is 0 Å². The van der Waals surface area contributed by atoms with Gasteiger partial charge in [-0.1, -0.05) is 6.42 Å². The summed E-state index contributed by atoms with van der Waals surface area (Å²) in [5, 5.41) is 10.0. The minimum atomic E-state index is -3.36. The number of rotatable bonds is 4. The van der Waals surface area contributed by atoms with Crippen molar-refractivity contribution in [3.05, 3.63) is 0 Å². The average Bonchev–Trinajstić information content (AvgIpc) is 2.28. The Morgan fingerprint density at radius 1 is 1.18 bits per heavy atom. The van der Waals surface area contributed by atoms with E-state index in [9.17, 15) is 13.5 Å². The Morgan fingerprint density at radius 2 is 1.76 bits per heavy atom. The molecule has 5 nitrogen and oxygen atoms in total. The molecule has 0 amide bonds. The highest BCUT2D eigenvalue weighted by molar-refractivity contribution is 7.86. The van der Waals surface area contributed by atoms with Gasteiger partial charge in [-0.05, 0) is 32.1 Å². The Balaban J connectivity index is 1.98. The highest BCUT2D eigenvalue weighted by Crippen LogP contribution is 2.33. The molecule has 1 saturated heterocycles. The van der Waals surface area contributed by atoms with E-state index in [1.165, 1.54) is 4.31 Å². The fourth-order valence-corrected chi connectivity index (χ4v) is 4.05. The van der Waals surface area contributed by atoms with Gasteiger partial charge in [0.15, 0.2) is 0 Å². The third kappa shape index (κ3) is 2.81. The number of piperidine rings is 1. The lowest BCUT2D eigenvalue weighted by atomic mass is 9.80. The highest BCUT2D eigenvalue weighted by Gasteiger charge is 2.39. The van der Waals surface area contributed by atoms with Gasteiger partial charge in [0.1, 0.15) is 0 Å². The van der Waals surface area contributed by atoms with Gasteiger partial charge < -0.3 is 5.11 Å². The summed E-state index contributed by atoms with van der Waals surface area (Å²) in [6.07, 6.45) is 5.42. The Labute approximate surface area is 104 Å². The molecule has 0 radical (unpaired) electrons. The summed E-state index contributed by atoms with van der Waals surface area (Å²) in [5.41, 5.74) is -0.780. The Kier molecular flexibility index (Phi) is 3.77. The van der Waals surface area contributed by atoms with Crippen LogP contribution in [0.25, 0.3) is 0 Å². The van der Waals surface area contributed by atoms with E-state index in [4.69, 9.17) is 0 Å². The molecule has 1 saturated carbocycles. The summed E-state index contributed by atoms with van der Waals surface area (Å²) in [7, 11) is -1.80. The maximum Gasteiger partial charge on any atom is 0.281 e. The maximum atomic E-state index is 12.2. The molecular weight excluding hydrogens is 240 g/mol. The van der Waals surface area contributed by atoms with Crippen molar-refractivity contribution in [2.24, 2.45) is 0 Å². The predicted octanol–water partition coefficient (Wildman–Crippen LogP) is 0.564. The molecule has 1 N–H and O–H groups in total. The average molecular weight is 262 g/mol. The molecule has 100 valence electrons. The van der Waals surface area contributed by atoms with Crippen LogP contribution in [0.1, 0.15) is 38.5 Å². The molecule has 1 aliphatic heterocycles. The van der Waals surface area contributed by atoms with Crippen LogP contribution in [0, 0.1) is 0 Å². The monoisotopic (exact) mass is 262 g/mol. The molecule has 0 aromatic heterocycles. The van der Waals surface area contributed by atoms with Crippen molar-refractivity contribution in [3.63, 3.8) is 0 Å². The maximum absolute atomic E-state index is 12.2. The Morgan fingerprint density at radius 3 is 2.24 bits per heavy atom. The summed E-state index contributed by atoms with van der Waals surface area (Å²) < 4.78 is 27.3. The van der Waals surface area contributed by atoms with E-state index in [-0.39, 0.29) is 6.54 Å². The van der Waals surface area contributed by atoms with Gasteiger partial charge in [-0.25, -0.2) is 0 Å². The molecule has 0 unspecified atom stereocenters. The van der Waals surface area contributed by atoms with Gasteiger partial charge in [0.05, 0.1) is 5.60 Å². The number of hydrogen-bond donors (Lipinski definition) is 1. The van der Waals surface area contributed by atoms with E-state index in [1.54, 1.807) is 11.4 Å². The van der Waals surface area contributed by atoms with Gasteiger partial charge >= 0.3 is 0 Å². The van der Waals surface area contributed by atoms with Crippen molar-refractivity contribution in [3.8, 4) is 0 Å². The SMILES string of the molecule is CN(CC1(O)CCC1)S(=O)(=O)N1CCCCC1. The lowest BCUT2D eigenvalue weighted by Gasteiger charge is -2.40. The lowest BCUT2D eigenvalue weighted by molar-refractivity contribution is -0.0431. The van der Waals surface area contributed by atoms with E-state index < -0.39 is 15.8 Å². The molecule has 0 bridgehead atoms. The number of aliphatic hydroxyl groups is 1. The van der Waals surface area contributed by atoms with Crippen molar-refractivity contribution < 1.29 is 13.5 Å². The van der Waals surface area contributed by atoms with Crippen LogP contribution in [-0.2, 0) is 10.2 Å². The first-order valence-corrected chi connectivity index (χ1v) is 7.78. The summed E-state index contributed by atoms with van der Waals surface area (Å²) in [6.45, 7) is 1.46. The van der Waals surface area contributed by atoms with Gasteiger partial charge in [0.2, 0.25) is 0 Å². The van der Waals surface area contributed by atoms with Gasteiger partial charge in [-0.15, -0.1) is 0 Å². The molecule has 0 aromatic carbocycles. The van der Waals surface area contributed by atoms with Gasteiger partial charge in [0, 0.05) is 26.7 Å². The lowest BCUT2D eigenvalue weighted by Crippen LogP contribution is -2.52. The molecule has 0 atom stereocenters. The zero-order valence-corrected chi connectivity index (χ0v) is 11.2. The fourth-order valence-electron chi connectivity index (χ4n) is 2.53. The fraction of sp³-hybridized carbons (Fsp3) is 1.00. The van der Waals surface area contributed by atoms with Gasteiger partial charge in [-0.2, -0.15) is 17.0 Å². The van der Waals surface area contributed by atoms with E-state index in [0.29, 0.717) is 25.9 Å². The third-order valence-electron chi connectivity index (χ3n) is 3.84. The molecule has 17 heavy (non-hydrogen) atoms.